The standard InChI is InChI=1S/C23H24N4O6/c1-14(2)33-23(30)25-11-15-5-4-6-16(9-15)26-21(28)22(29)27-17-7-8-18(19(10-17)31-3)20-12-24-13-32-20/h4-10,12-14H,11H2,1-3H3,(H,25,30)(H,26,28)(H,27,29). The lowest BCUT2D eigenvalue weighted by atomic mass is 10.1. The van der Waals surface area contributed by atoms with Gasteiger partial charge >= 0.3 is 17.9 Å². The summed E-state index contributed by atoms with van der Waals surface area (Å²) in [5.41, 5.74) is 2.16. The van der Waals surface area contributed by atoms with E-state index in [1.54, 1.807) is 62.5 Å². The van der Waals surface area contributed by atoms with E-state index in [4.69, 9.17) is 13.9 Å². The van der Waals surface area contributed by atoms with Crippen LogP contribution >= 0.6 is 0 Å². The largest absolute Gasteiger partial charge is 0.496 e. The Hall–Kier alpha value is -4.34. The van der Waals surface area contributed by atoms with E-state index in [9.17, 15) is 14.4 Å². The second kappa shape index (κ2) is 10.8. The molecule has 0 radical (unpaired) electrons. The first-order chi connectivity index (χ1) is 15.9. The van der Waals surface area contributed by atoms with Crippen molar-refractivity contribution in [3.63, 3.8) is 0 Å². The Morgan fingerprint density at radius 2 is 1.76 bits per heavy atom. The lowest BCUT2D eigenvalue weighted by Crippen LogP contribution is -2.29. The average molecular weight is 452 g/mol. The van der Waals surface area contributed by atoms with Crippen molar-refractivity contribution in [1.29, 1.82) is 0 Å². The Bertz CT molecular complexity index is 1130. The normalized spacial score (nSPS) is 10.4. The van der Waals surface area contributed by atoms with E-state index in [0.29, 0.717) is 28.4 Å². The number of nitrogens with one attached hydrogen (secondary N) is 3. The second-order valence-corrected chi connectivity index (χ2v) is 7.20. The summed E-state index contributed by atoms with van der Waals surface area (Å²) in [5, 5.41) is 7.68. The van der Waals surface area contributed by atoms with E-state index < -0.39 is 17.9 Å². The highest BCUT2D eigenvalue weighted by Gasteiger charge is 2.16. The lowest BCUT2D eigenvalue weighted by Gasteiger charge is -2.11. The predicted molar refractivity (Wildman–Crippen MR) is 121 cm³/mol. The van der Waals surface area contributed by atoms with Gasteiger partial charge in [-0.1, -0.05) is 12.1 Å². The summed E-state index contributed by atoms with van der Waals surface area (Å²) in [7, 11) is 1.48. The average Bonchev–Trinajstić information content (AvgIpc) is 3.32. The number of rotatable bonds is 7. The maximum atomic E-state index is 12.4. The third-order valence-corrected chi connectivity index (χ3v) is 4.33. The molecule has 0 saturated heterocycles. The number of oxazole rings is 1. The minimum Gasteiger partial charge on any atom is -0.496 e. The molecule has 0 bridgehead atoms. The molecule has 3 N–H and O–H groups in total. The Labute approximate surface area is 190 Å². The van der Waals surface area contributed by atoms with Crippen molar-refractivity contribution >= 4 is 29.3 Å². The molecule has 0 unspecified atom stereocenters. The second-order valence-electron chi connectivity index (χ2n) is 7.20. The zero-order valence-corrected chi connectivity index (χ0v) is 18.4. The van der Waals surface area contributed by atoms with Crippen LogP contribution in [0.25, 0.3) is 11.3 Å². The Morgan fingerprint density at radius 1 is 1.03 bits per heavy atom. The van der Waals surface area contributed by atoms with E-state index in [1.165, 1.54) is 13.5 Å². The minimum absolute atomic E-state index is 0.207. The molecular formula is C23H24N4O6. The van der Waals surface area contributed by atoms with Crippen LogP contribution in [0.2, 0.25) is 0 Å². The van der Waals surface area contributed by atoms with E-state index >= 15 is 0 Å². The smallest absolute Gasteiger partial charge is 0.407 e. The summed E-state index contributed by atoms with van der Waals surface area (Å²) in [6.07, 6.45) is 2.08. The van der Waals surface area contributed by atoms with Crippen molar-refractivity contribution in [3.05, 3.63) is 60.6 Å². The fourth-order valence-corrected chi connectivity index (χ4v) is 2.89. The third-order valence-electron chi connectivity index (χ3n) is 4.33. The molecule has 3 amide bonds. The molecule has 3 aromatic rings. The number of aromatic nitrogens is 1. The Morgan fingerprint density at radius 3 is 2.39 bits per heavy atom. The lowest BCUT2D eigenvalue weighted by molar-refractivity contribution is -0.132. The van der Waals surface area contributed by atoms with Gasteiger partial charge in [-0.25, -0.2) is 9.78 Å². The molecule has 1 aromatic heterocycles. The maximum Gasteiger partial charge on any atom is 0.407 e. The first kappa shape index (κ1) is 23.3. The van der Waals surface area contributed by atoms with Crippen LogP contribution in [-0.4, -0.2) is 36.1 Å². The van der Waals surface area contributed by atoms with Gasteiger partial charge in [0.25, 0.3) is 0 Å². The summed E-state index contributed by atoms with van der Waals surface area (Å²) in [6.45, 7) is 3.71. The van der Waals surface area contributed by atoms with Crippen LogP contribution in [0.4, 0.5) is 16.2 Å². The SMILES string of the molecule is COc1cc(NC(=O)C(=O)Nc2cccc(CNC(=O)OC(C)C)c2)ccc1-c1cnco1. The van der Waals surface area contributed by atoms with Crippen LogP contribution in [0.5, 0.6) is 5.75 Å². The molecule has 0 aliphatic carbocycles. The summed E-state index contributed by atoms with van der Waals surface area (Å²) in [5.74, 6) is -0.749. The van der Waals surface area contributed by atoms with Crippen LogP contribution in [0, 0.1) is 0 Å². The van der Waals surface area contributed by atoms with Crippen LogP contribution in [0.1, 0.15) is 19.4 Å². The molecule has 3 rings (SSSR count). The number of ether oxygens (including phenoxy) is 2. The zero-order valence-electron chi connectivity index (χ0n) is 18.4. The molecule has 10 nitrogen and oxygen atoms in total. The topological polar surface area (TPSA) is 132 Å². The first-order valence-corrected chi connectivity index (χ1v) is 10.1. The van der Waals surface area contributed by atoms with Gasteiger partial charge in [0.15, 0.2) is 12.2 Å². The fourth-order valence-electron chi connectivity index (χ4n) is 2.89. The van der Waals surface area contributed by atoms with Crippen LogP contribution in [0.15, 0.2) is 59.5 Å². The number of nitrogens with zero attached hydrogens (tertiary/aromatic N) is 1. The maximum absolute atomic E-state index is 12.4. The minimum atomic E-state index is -0.853. The predicted octanol–water partition coefficient (Wildman–Crippen LogP) is 3.56. The van der Waals surface area contributed by atoms with Crippen LogP contribution < -0.4 is 20.7 Å². The van der Waals surface area contributed by atoms with Crippen molar-refractivity contribution in [3.8, 4) is 17.1 Å². The highest BCUT2D eigenvalue weighted by atomic mass is 16.6. The number of carbonyl (C=O) groups is 3. The highest BCUT2D eigenvalue weighted by Crippen LogP contribution is 2.32. The van der Waals surface area contributed by atoms with E-state index in [-0.39, 0.29) is 12.6 Å². The number of anilines is 2. The van der Waals surface area contributed by atoms with Crippen LogP contribution in [-0.2, 0) is 20.9 Å². The number of methoxy groups -OCH3 is 1. The van der Waals surface area contributed by atoms with Crippen molar-refractivity contribution in [1.82, 2.24) is 10.3 Å². The number of amides is 3. The Balaban J connectivity index is 1.60. The summed E-state index contributed by atoms with van der Waals surface area (Å²) < 4.78 is 15.6. The number of carbonyl (C=O) groups excluding carboxylic acids is 3. The van der Waals surface area contributed by atoms with Gasteiger partial charge in [-0.15, -0.1) is 0 Å². The summed E-state index contributed by atoms with van der Waals surface area (Å²) >= 11 is 0. The van der Waals surface area contributed by atoms with Gasteiger partial charge in [0.1, 0.15) is 5.75 Å². The van der Waals surface area contributed by atoms with Crippen LogP contribution in [0.3, 0.4) is 0 Å². The number of benzene rings is 2. The van der Waals surface area contributed by atoms with Crippen molar-refractivity contribution in [2.75, 3.05) is 17.7 Å². The highest BCUT2D eigenvalue weighted by molar-refractivity contribution is 6.43. The molecule has 0 aliphatic heterocycles. The van der Waals surface area contributed by atoms with Gasteiger partial charge in [-0.2, -0.15) is 0 Å². The van der Waals surface area contributed by atoms with Gasteiger partial charge in [0, 0.05) is 24.0 Å². The van der Waals surface area contributed by atoms with E-state index in [0.717, 1.165) is 5.56 Å². The molecule has 172 valence electrons. The zero-order chi connectivity index (χ0) is 23.8. The number of hydrogen-bond acceptors (Lipinski definition) is 7. The summed E-state index contributed by atoms with van der Waals surface area (Å²) in [4.78, 5) is 40.2. The van der Waals surface area contributed by atoms with E-state index in [1.807, 2.05) is 0 Å². The molecule has 10 heteroatoms. The number of hydrogen-bond donors (Lipinski definition) is 3. The molecule has 0 atom stereocenters. The van der Waals surface area contributed by atoms with Gasteiger partial charge in [0.05, 0.1) is 25.0 Å². The van der Waals surface area contributed by atoms with Crippen molar-refractivity contribution < 1.29 is 28.3 Å². The van der Waals surface area contributed by atoms with Gasteiger partial charge in [-0.05, 0) is 43.7 Å². The van der Waals surface area contributed by atoms with E-state index in [2.05, 4.69) is 20.9 Å². The summed E-state index contributed by atoms with van der Waals surface area (Å²) in [6, 6.07) is 11.6. The molecule has 0 saturated carbocycles. The van der Waals surface area contributed by atoms with Gasteiger partial charge < -0.3 is 29.8 Å². The molecule has 0 fully saturated rings. The molecule has 0 spiro atoms. The molecule has 33 heavy (non-hydrogen) atoms. The van der Waals surface area contributed by atoms with Crippen molar-refractivity contribution in [2.45, 2.75) is 26.5 Å². The van der Waals surface area contributed by atoms with Gasteiger partial charge in [-0.3, -0.25) is 9.59 Å². The molecule has 0 aliphatic rings. The molecule has 1 heterocycles. The molecular weight excluding hydrogens is 428 g/mol. The number of alkyl carbamates (subject to hydrolysis) is 1. The Kier molecular flexibility index (Phi) is 7.64. The monoisotopic (exact) mass is 452 g/mol. The third kappa shape index (κ3) is 6.57. The first-order valence-electron chi connectivity index (χ1n) is 10.1. The fraction of sp³-hybridized carbons (Fsp3) is 0.217. The molecule has 2 aromatic carbocycles. The quantitative estimate of drug-likeness (QED) is 0.467. The van der Waals surface area contributed by atoms with Crippen molar-refractivity contribution in [2.24, 2.45) is 0 Å². The van der Waals surface area contributed by atoms with Gasteiger partial charge in [0.2, 0.25) is 0 Å².